The van der Waals surface area contributed by atoms with Crippen molar-refractivity contribution in [1.29, 1.82) is 0 Å². The summed E-state index contributed by atoms with van der Waals surface area (Å²) in [7, 11) is 0. The van der Waals surface area contributed by atoms with Crippen molar-refractivity contribution in [2.45, 2.75) is 20.8 Å². The fraction of sp³-hybridized carbons (Fsp3) is 0.304. The van der Waals surface area contributed by atoms with Gasteiger partial charge in [-0.1, -0.05) is 11.8 Å². The summed E-state index contributed by atoms with van der Waals surface area (Å²) in [5, 5.41) is 0. The summed E-state index contributed by atoms with van der Waals surface area (Å²) in [6.07, 6.45) is 4.70. The summed E-state index contributed by atoms with van der Waals surface area (Å²) in [4.78, 5) is 45.3. The third kappa shape index (κ3) is 4.21. The van der Waals surface area contributed by atoms with E-state index in [1.807, 2.05) is 13.8 Å². The largest absolute Gasteiger partial charge is 0.383 e. The van der Waals surface area contributed by atoms with E-state index in [0.717, 1.165) is 11.4 Å². The number of nitrogen functional groups attached to an aromatic ring is 1. The van der Waals surface area contributed by atoms with Crippen LogP contribution in [0.3, 0.4) is 0 Å². The number of aryl methyl sites for hydroxylation is 2. The Kier molecular flexibility index (Phi) is 5.69. The number of hydrogen-bond acceptors (Lipinski definition) is 7. The number of nitrogens with zero attached hydrogens (tertiary/aromatic N) is 6. The molecule has 0 saturated carbocycles. The van der Waals surface area contributed by atoms with E-state index in [9.17, 15) is 9.59 Å². The van der Waals surface area contributed by atoms with Crippen LogP contribution in [0.1, 0.15) is 39.8 Å². The number of carbonyl (C=O) groups excluding carboxylic acids is 2. The molecule has 9 heteroatoms. The number of anilines is 1. The maximum absolute atomic E-state index is 12.9. The van der Waals surface area contributed by atoms with Crippen LogP contribution in [0.2, 0.25) is 0 Å². The van der Waals surface area contributed by atoms with Gasteiger partial charge in [-0.25, -0.2) is 15.0 Å². The monoisotopic (exact) mass is 429 g/mol. The van der Waals surface area contributed by atoms with Crippen molar-refractivity contribution in [3.63, 3.8) is 0 Å². The second kappa shape index (κ2) is 8.59. The standard InChI is InChI=1S/C23H23N7O2/c1-14-15(2)28-21-19(22(24)26-13-20(21)27-14)5-4-17-10-18(12-25-11-17)23(32)30-8-6-29(7-9-30)16(3)31/h10-13H,6-9H2,1-3H3,(H2,24,26). The van der Waals surface area contributed by atoms with E-state index >= 15 is 0 Å². The van der Waals surface area contributed by atoms with Crippen LogP contribution in [0.25, 0.3) is 11.0 Å². The van der Waals surface area contributed by atoms with E-state index < -0.39 is 0 Å². The third-order valence-electron chi connectivity index (χ3n) is 5.48. The number of pyridine rings is 2. The molecule has 4 heterocycles. The van der Waals surface area contributed by atoms with Gasteiger partial charge in [0.15, 0.2) is 0 Å². The van der Waals surface area contributed by atoms with Crippen molar-refractivity contribution in [3.05, 3.63) is 52.7 Å². The Morgan fingerprint density at radius 1 is 0.969 bits per heavy atom. The molecule has 0 aliphatic carbocycles. The molecule has 0 atom stereocenters. The highest BCUT2D eigenvalue weighted by atomic mass is 16.2. The highest BCUT2D eigenvalue weighted by Gasteiger charge is 2.23. The predicted octanol–water partition coefficient (Wildman–Crippen LogP) is 1.32. The number of aromatic nitrogens is 4. The van der Waals surface area contributed by atoms with Gasteiger partial charge in [0.25, 0.3) is 5.91 Å². The predicted molar refractivity (Wildman–Crippen MR) is 120 cm³/mol. The lowest BCUT2D eigenvalue weighted by Gasteiger charge is -2.34. The molecule has 1 aliphatic heterocycles. The highest BCUT2D eigenvalue weighted by molar-refractivity contribution is 5.94. The maximum atomic E-state index is 12.9. The number of piperazine rings is 1. The second-order valence-corrected chi connectivity index (χ2v) is 7.66. The number of amides is 2. The van der Waals surface area contributed by atoms with Gasteiger partial charge in [-0.05, 0) is 19.9 Å². The lowest BCUT2D eigenvalue weighted by molar-refractivity contribution is -0.130. The average Bonchev–Trinajstić information content (AvgIpc) is 2.79. The number of fused-ring (bicyclic) bond motifs is 1. The molecule has 162 valence electrons. The Morgan fingerprint density at radius 2 is 1.66 bits per heavy atom. The number of hydrogen-bond donors (Lipinski definition) is 1. The molecule has 1 aliphatic rings. The number of nitrogens with two attached hydrogens (primary N) is 1. The van der Waals surface area contributed by atoms with Gasteiger partial charge in [0.2, 0.25) is 5.91 Å². The molecule has 1 fully saturated rings. The molecular formula is C23H23N7O2. The average molecular weight is 429 g/mol. The first kappa shape index (κ1) is 21.2. The first-order valence-corrected chi connectivity index (χ1v) is 10.2. The molecule has 4 rings (SSSR count). The second-order valence-electron chi connectivity index (χ2n) is 7.66. The van der Waals surface area contributed by atoms with E-state index in [0.29, 0.717) is 53.9 Å². The summed E-state index contributed by atoms with van der Waals surface area (Å²) in [6, 6.07) is 1.70. The fourth-order valence-corrected chi connectivity index (χ4v) is 3.50. The number of carbonyl (C=O) groups is 2. The van der Waals surface area contributed by atoms with Gasteiger partial charge in [0, 0.05) is 51.1 Å². The van der Waals surface area contributed by atoms with E-state index in [2.05, 4.69) is 31.8 Å². The minimum atomic E-state index is -0.132. The first-order valence-electron chi connectivity index (χ1n) is 10.2. The van der Waals surface area contributed by atoms with Crippen molar-refractivity contribution in [3.8, 4) is 11.8 Å². The minimum absolute atomic E-state index is 0.0216. The summed E-state index contributed by atoms with van der Waals surface area (Å²) in [6.45, 7) is 7.34. The van der Waals surface area contributed by atoms with E-state index in [4.69, 9.17) is 5.73 Å². The van der Waals surface area contributed by atoms with Gasteiger partial charge in [-0.15, -0.1) is 0 Å². The molecule has 0 bridgehead atoms. The van der Waals surface area contributed by atoms with E-state index in [-0.39, 0.29) is 17.6 Å². The van der Waals surface area contributed by atoms with Gasteiger partial charge in [-0.3, -0.25) is 14.6 Å². The smallest absolute Gasteiger partial charge is 0.255 e. The molecule has 2 amide bonds. The Balaban J connectivity index is 1.60. The quantitative estimate of drug-likeness (QED) is 0.580. The van der Waals surface area contributed by atoms with Gasteiger partial charge >= 0.3 is 0 Å². The van der Waals surface area contributed by atoms with Crippen LogP contribution in [-0.2, 0) is 4.79 Å². The van der Waals surface area contributed by atoms with Crippen molar-refractivity contribution in [2.24, 2.45) is 0 Å². The van der Waals surface area contributed by atoms with Crippen LogP contribution in [0, 0.1) is 25.7 Å². The molecule has 3 aromatic rings. The summed E-state index contributed by atoms with van der Waals surface area (Å²) < 4.78 is 0. The molecule has 0 spiro atoms. The van der Waals surface area contributed by atoms with Crippen molar-refractivity contribution < 1.29 is 9.59 Å². The zero-order valence-electron chi connectivity index (χ0n) is 18.2. The van der Waals surface area contributed by atoms with Crippen LogP contribution >= 0.6 is 0 Å². The van der Waals surface area contributed by atoms with Crippen LogP contribution in [-0.4, -0.2) is 67.7 Å². The molecule has 0 aromatic carbocycles. The van der Waals surface area contributed by atoms with Crippen molar-refractivity contribution >= 4 is 28.7 Å². The van der Waals surface area contributed by atoms with Gasteiger partial charge < -0.3 is 15.5 Å². The first-order chi connectivity index (χ1) is 15.3. The van der Waals surface area contributed by atoms with E-state index in [1.165, 1.54) is 13.1 Å². The molecule has 9 nitrogen and oxygen atoms in total. The van der Waals surface area contributed by atoms with Crippen molar-refractivity contribution in [2.75, 3.05) is 31.9 Å². The van der Waals surface area contributed by atoms with E-state index in [1.54, 1.807) is 28.3 Å². The molecule has 32 heavy (non-hydrogen) atoms. The van der Waals surface area contributed by atoms with Gasteiger partial charge in [0.05, 0.1) is 28.7 Å². The summed E-state index contributed by atoms with van der Waals surface area (Å²) in [5.74, 6) is 6.22. The Hall–Kier alpha value is -4.06. The molecule has 3 aromatic heterocycles. The lowest BCUT2D eigenvalue weighted by Crippen LogP contribution is -2.50. The maximum Gasteiger partial charge on any atom is 0.255 e. The zero-order valence-corrected chi connectivity index (χ0v) is 18.2. The number of rotatable bonds is 1. The normalized spacial score (nSPS) is 13.6. The lowest BCUT2D eigenvalue weighted by atomic mass is 10.1. The van der Waals surface area contributed by atoms with Crippen molar-refractivity contribution in [1.82, 2.24) is 29.7 Å². The summed E-state index contributed by atoms with van der Waals surface area (Å²) >= 11 is 0. The molecule has 2 N–H and O–H groups in total. The Bertz CT molecular complexity index is 1280. The fourth-order valence-electron chi connectivity index (χ4n) is 3.50. The molecule has 1 saturated heterocycles. The van der Waals surface area contributed by atoms with Crippen LogP contribution in [0.5, 0.6) is 0 Å². The minimum Gasteiger partial charge on any atom is -0.383 e. The Labute approximate surface area is 185 Å². The van der Waals surface area contributed by atoms with Crippen LogP contribution < -0.4 is 5.73 Å². The molecule has 0 radical (unpaired) electrons. The Morgan fingerprint density at radius 3 is 2.38 bits per heavy atom. The SMILES string of the molecule is CC(=O)N1CCN(C(=O)c2cncc(C#Cc3c(N)ncc4nc(C)c(C)nc34)c2)CC1. The van der Waals surface area contributed by atoms with Gasteiger partial charge in [0.1, 0.15) is 16.9 Å². The van der Waals surface area contributed by atoms with Gasteiger partial charge in [-0.2, -0.15) is 0 Å². The third-order valence-corrected chi connectivity index (χ3v) is 5.48. The van der Waals surface area contributed by atoms with Crippen LogP contribution in [0.4, 0.5) is 5.82 Å². The molecule has 0 unspecified atom stereocenters. The molecular weight excluding hydrogens is 406 g/mol. The topological polar surface area (TPSA) is 118 Å². The zero-order chi connectivity index (χ0) is 22.8. The highest BCUT2D eigenvalue weighted by Crippen LogP contribution is 2.20. The summed E-state index contributed by atoms with van der Waals surface area (Å²) in [5.41, 5.74) is 10.4. The van der Waals surface area contributed by atoms with Crippen LogP contribution in [0.15, 0.2) is 24.7 Å².